The van der Waals surface area contributed by atoms with E-state index in [2.05, 4.69) is 43.6 Å². The monoisotopic (exact) mass is 505 g/mol. The van der Waals surface area contributed by atoms with Crippen LogP contribution >= 0.6 is 0 Å². The van der Waals surface area contributed by atoms with Crippen molar-refractivity contribution in [3.63, 3.8) is 0 Å². The molecule has 0 saturated carbocycles. The van der Waals surface area contributed by atoms with Crippen molar-refractivity contribution in [2.45, 2.75) is 52.3 Å². The van der Waals surface area contributed by atoms with Crippen molar-refractivity contribution in [1.29, 1.82) is 10.7 Å². The van der Waals surface area contributed by atoms with Gasteiger partial charge in [-0.3, -0.25) is 5.41 Å². The van der Waals surface area contributed by atoms with Crippen LogP contribution < -0.4 is 10.1 Å². The van der Waals surface area contributed by atoms with Crippen LogP contribution in [0.25, 0.3) is 11.4 Å². The molecule has 9 nitrogen and oxygen atoms in total. The van der Waals surface area contributed by atoms with Crippen LogP contribution in [-0.4, -0.2) is 52.2 Å². The molecule has 2 heterocycles. The summed E-state index contributed by atoms with van der Waals surface area (Å²) >= 11 is 0. The second kappa shape index (κ2) is 11.4. The maximum absolute atomic E-state index is 13.7. The zero-order chi connectivity index (χ0) is 26.4. The van der Waals surface area contributed by atoms with Gasteiger partial charge in [0.05, 0.1) is 6.07 Å². The van der Waals surface area contributed by atoms with Gasteiger partial charge >= 0.3 is 0 Å². The molecule has 0 amide bonds. The van der Waals surface area contributed by atoms with Gasteiger partial charge in [-0.25, -0.2) is 4.99 Å². The number of allylic oxidation sites excluding steroid dienone is 2. The van der Waals surface area contributed by atoms with Crippen molar-refractivity contribution in [3.8, 4) is 23.2 Å². The SMILES string of the molecule is C/C(=N/C(=N)c1nc(-c2ccc(OC(C)(C)F)cc2)no1)NCC1=CC(N2CCC(C#N)CC2)=CCC1. The van der Waals surface area contributed by atoms with E-state index in [1.165, 1.54) is 25.1 Å². The van der Waals surface area contributed by atoms with Crippen molar-refractivity contribution in [2.75, 3.05) is 19.6 Å². The molecule has 0 bridgehead atoms. The number of alkyl halides is 1. The smallest absolute Gasteiger partial charge is 0.295 e. The van der Waals surface area contributed by atoms with E-state index in [4.69, 9.17) is 19.9 Å². The van der Waals surface area contributed by atoms with Crippen molar-refractivity contribution < 1.29 is 13.7 Å². The second-order valence-corrected chi connectivity index (χ2v) is 9.67. The molecule has 1 aromatic carbocycles. The molecule has 0 spiro atoms. The molecule has 1 aromatic heterocycles. The van der Waals surface area contributed by atoms with Gasteiger partial charge in [-0.05, 0) is 68.5 Å². The van der Waals surface area contributed by atoms with Crippen LogP contribution in [0.4, 0.5) is 4.39 Å². The maximum Gasteiger partial charge on any atom is 0.295 e. The first kappa shape index (κ1) is 26.1. The third-order valence-corrected chi connectivity index (χ3v) is 6.17. The molecule has 1 aliphatic carbocycles. The van der Waals surface area contributed by atoms with Gasteiger partial charge in [0.15, 0.2) is 0 Å². The van der Waals surface area contributed by atoms with Crippen LogP contribution in [0.3, 0.4) is 0 Å². The van der Waals surface area contributed by atoms with Gasteiger partial charge in [-0.2, -0.15) is 14.6 Å². The van der Waals surface area contributed by atoms with Crippen molar-refractivity contribution in [1.82, 2.24) is 20.4 Å². The predicted octanol–water partition coefficient (Wildman–Crippen LogP) is 4.99. The lowest BCUT2D eigenvalue weighted by Gasteiger charge is -2.33. The number of amidine groups is 2. The molecule has 194 valence electrons. The molecular formula is C27H32FN7O2. The highest BCUT2D eigenvalue weighted by atomic mass is 19.2. The number of aromatic nitrogens is 2. The zero-order valence-corrected chi connectivity index (χ0v) is 21.4. The Hall–Kier alpha value is -4.00. The fraction of sp³-hybridized carbons (Fsp3) is 0.444. The summed E-state index contributed by atoms with van der Waals surface area (Å²) in [4.78, 5) is 10.9. The maximum atomic E-state index is 13.7. The highest BCUT2D eigenvalue weighted by Gasteiger charge is 2.21. The quantitative estimate of drug-likeness (QED) is 0.401. The van der Waals surface area contributed by atoms with E-state index in [0.717, 1.165) is 38.8 Å². The van der Waals surface area contributed by atoms with Crippen LogP contribution in [0.1, 0.15) is 52.3 Å². The topological polar surface area (TPSA) is 123 Å². The number of halogens is 1. The second-order valence-electron chi connectivity index (χ2n) is 9.67. The molecule has 2 aliphatic rings. The summed E-state index contributed by atoms with van der Waals surface area (Å²) in [6, 6.07) is 9.02. The number of aliphatic imine (C=N–C) groups is 1. The number of rotatable bonds is 7. The lowest BCUT2D eigenvalue weighted by molar-refractivity contribution is -0.0256. The van der Waals surface area contributed by atoms with Gasteiger partial charge in [0, 0.05) is 50.7 Å². The molecule has 1 saturated heterocycles. The Morgan fingerprint density at radius 3 is 2.73 bits per heavy atom. The Bertz CT molecular complexity index is 1240. The largest absolute Gasteiger partial charge is 0.459 e. The molecule has 0 radical (unpaired) electrons. The number of likely N-dealkylation sites (tertiary alicyclic amines) is 1. The van der Waals surface area contributed by atoms with E-state index in [-0.39, 0.29) is 17.6 Å². The lowest BCUT2D eigenvalue weighted by atomic mass is 9.96. The number of benzene rings is 1. The van der Waals surface area contributed by atoms with Gasteiger partial charge in [0.1, 0.15) is 11.6 Å². The van der Waals surface area contributed by atoms with E-state index in [1.807, 2.05) is 0 Å². The summed E-state index contributed by atoms with van der Waals surface area (Å²) in [6.07, 6.45) is 8.26. The average molecular weight is 506 g/mol. The summed E-state index contributed by atoms with van der Waals surface area (Å²) in [6.45, 7) is 6.92. The first-order valence-electron chi connectivity index (χ1n) is 12.4. The molecule has 0 unspecified atom stereocenters. The number of nitrogens with one attached hydrogen (secondary N) is 2. The highest BCUT2D eigenvalue weighted by Crippen LogP contribution is 2.26. The van der Waals surface area contributed by atoms with Crippen LogP contribution in [0.15, 0.2) is 57.2 Å². The third-order valence-electron chi connectivity index (χ3n) is 6.17. The highest BCUT2D eigenvalue weighted by molar-refractivity contribution is 6.01. The Kier molecular flexibility index (Phi) is 8.01. The standard InChI is InChI=1S/C27H32FN7O2/c1-18(31-17-20-5-4-6-22(15-20)35-13-11-19(16-29)12-14-35)32-24(30)26-33-25(34-37-26)21-7-9-23(10-8-21)36-27(2,3)28/h6-10,15,19H,4-5,11-14,17H2,1-3H3,(H2,30,31,32). The number of nitriles is 1. The lowest BCUT2D eigenvalue weighted by Crippen LogP contribution is -2.33. The van der Waals surface area contributed by atoms with Gasteiger partial charge in [-0.1, -0.05) is 11.2 Å². The average Bonchev–Trinajstić information content (AvgIpc) is 3.38. The molecule has 1 fully saturated rings. The van der Waals surface area contributed by atoms with Crippen LogP contribution in [0.5, 0.6) is 5.75 Å². The number of piperidine rings is 1. The van der Waals surface area contributed by atoms with Crippen LogP contribution in [-0.2, 0) is 0 Å². The van der Waals surface area contributed by atoms with E-state index < -0.39 is 5.85 Å². The zero-order valence-electron chi connectivity index (χ0n) is 21.4. The minimum Gasteiger partial charge on any atom is -0.459 e. The summed E-state index contributed by atoms with van der Waals surface area (Å²) in [5.41, 5.74) is 3.15. The third kappa shape index (κ3) is 7.26. The van der Waals surface area contributed by atoms with Crippen molar-refractivity contribution in [3.05, 3.63) is 53.6 Å². The molecule has 1 aliphatic heterocycles. The Labute approximate surface area is 216 Å². The molecule has 4 rings (SSSR count). The molecule has 2 N–H and O–H groups in total. The van der Waals surface area contributed by atoms with E-state index in [0.29, 0.717) is 29.5 Å². The van der Waals surface area contributed by atoms with Gasteiger partial charge in [0.2, 0.25) is 17.5 Å². The van der Waals surface area contributed by atoms with Gasteiger partial charge in [0.25, 0.3) is 5.89 Å². The normalized spacial score (nSPS) is 17.1. The Morgan fingerprint density at radius 1 is 1.32 bits per heavy atom. The fourth-order valence-corrected chi connectivity index (χ4v) is 4.26. The van der Waals surface area contributed by atoms with E-state index in [9.17, 15) is 4.39 Å². The predicted molar refractivity (Wildman–Crippen MR) is 139 cm³/mol. The summed E-state index contributed by atoms with van der Waals surface area (Å²) in [5.74, 6) is -0.472. The Balaban J connectivity index is 1.31. The minimum absolute atomic E-state index is 0.00393. The first-order chi connectivity index (χ1) is 17.7. The molecule has 37 heavy (non-hydrogen) atoms. The molecule has 0 atom stereocenters. The van der Waals surface area contributed by atoms with Gasteiger partial charge < -0.3 is 19.5 Å². The molecule has 10 heteroatoms. The van der Waals surface area contributed by atoms with Crippen LogP contribution in [0.2, 0.25) is 0 Å². The van der Waals surface area contributed by atoms with Crippen molar-refractivity contribution >= 4 is 11.7 Å². The van der Waals surface area contributed by atoms with Crippen LogP contribution in [0, 0.1) is 22.7 Å². The minimum atomic E-state index is -1.78. The van der Waals surface area contributed by atoms with Gasteiger partial charge in [-0.15, -0.1) is 0 Å². The summed E-state index contributed by atoms with van der Waals surface area (Å²) < 4.78 is 24.1. The van der Waals surface area contributed by atoms with E-state index >= 15 is 0 Å². The number of nitrogens with zero attached hydrogens (tertiary/aromatic N) is 5. The summed E-state index contributed by atoms with van der Waals surface area (Å²) in [5, 5.41) is 24.6. The first-order valence-corrected chi connectivity index (χ1v) is 12.4. The number of hydrogen-bond acceptors (Lipinski definition) is 7. The molecular weight excluding hydrogens is 473 g/mol. The fourth-order valence-electron chi connectivity index (χ4n) is 4.26. The molecule has 2 aromatic rings. The Morgan fingerprint density at radius 2 is 2.05 bits per heavy atom. The van der Waals surface area contributed by atoms with Crippen molar-refractivity contribution in [2.24, 2.45) is 10.9 Å². The number of ether oxygens (including phenoxy) is 1. The summed E-state index contributed by atoms with van der Waals surface area (Å²) in [7, 11) is 0. The van der Waals surface area contributed by atoms with E-state index in [1.54, 1.807) is 31.2 Å². The number of hydrogen-bond donors (Lipinski definition) is 2.